The highest BCUT2D eigenvalue weighted by Crippen LogP contribution is 2.46. The fourth-order valence-corrected chi connectivity index (χ4v) is 1.27. The Morgan fingerprint density at radius 2 is 1.83 bits per heavy atom. The normalized spacial score (nSPS) is 35.9. The third-order valence-corrected chi connectivity index (χ3v) is 2.05. The van der Waals surface area contributed by atoms with Crippen LogP contribution in [0.1, 0.15) is 12.8 Å². The van der Waals surface area contributed by atoms with Crippen molar-refractivity contribution < 1.29 is 17.6 Å². The Labute approximate surface area is 67.2 Å². The van der Waals surface area contributed by atoms with Gasteiger partial charge in [-0.3, -0.25) is 0 Å². The van der Waals surface area contributed by atoms with Gasteiger partial charge in [0, 0.05) is 18.9 Å². The lowest BCUT2D eigenvalue weighted by molar-refractivity contribution is -0.120. The predicted molar refractivity (Wildman–Crippen MR) is 36.2 cm³/mol. The van der Waals surface area contributed by atoms with Crippen molar-refractivity contribution in [1.82, 2.24) is 0 Å². The molecule has 0 atom stereocenters. The first-order valence-corrected chi connectivity index (χ1v) is 3.47. The van der Waals surface area contributed by atoms with E-state index >= 15 is 0 Å². The van der Waals surface area contributed by atoms with Gasteiger partial charge in [-0.05, 0) is 0 Å². The van der Waals surface area contributed by atoms with Gasteiger partial charge >= 0.3 is 6.18 Å². The number of halogens is 4. The van der Waals surface area contributed by atoms with E-state index in [9.17, 15) is 17.6 Å². The number of allylic oxidation sites excluding steroid dienone is 1. The molecule has 0 aromatic carbocycles. The Morgan fingerprint density at radius 3 is 2.08 bits per heavy atom. The van der Waals surface area contributed by atoms with Gasteiger partial charge in [0.05, 0.1) is 5.57 Å². The summed E-state index contributed by atoms with van der Waals surface area (Å²) in [6.45, 7) is 2.70. The largest absolute Gasteiger partial charge is 0.415 e. The quantitative estimate of drug-likeness (QED) is 0.488. The molecule has 0 heterocycles. The van der Waals surface area contributed by atoms with Crippen LogP contribution in [-0.2, 0) is 0 Å². The summed E-state index contributed by atoms with van der Waals surface area (Å²) in [6.07, 6.45) is -5.19. The third-order valence-electron chi connectivity index (χ3n) is 2.05. The van der Waals surface area contributed by atoms with Crippen LogP contribution in [0, 0.1) is 0 Å². The van der Waals surface area contributed by atoms with E-state index in [1.807, 2.05) is 0 Å². The molecule has 1 saturated carbocycles. The van der Waals surface area contributed by atoms with Gasteiger partial charge in [-0.1, -0.05) is 6.58 Å². The van der Waals surface area contributed by atoms with Gasteiger partial charge in [-0.25, -0.2) is 4.39 Å². The van der Waals surface area contributed by atoms with Crippen LogP contribution in [0.5, 0.6) is 0 Å². The van der Waals surface area contributed by atoms with E-state index in [-0.39, 0.29) is 12.8 Å². The molecule has 0 unspecified atom stereocenters. The Hall–Kier alpha value is -0.580. The van der Waals surface area contributed by atoms with Gasteiger partial charge in [0.2, 0.25) is 0 Å². The zero-order valence-corrected chi connectivity index (χ0v) is 6.29. The average Bonchev–Trinajstić information content (AvgIpc) is 1.81. The Bertz CT molecular complexity index is 202. The van der Waals surface area contributed by atoms with Crippen LogP contribution < -0.4 is 5.73 Å². The third kappa shape index (κ3) is 1.46. The van der Waals surface area contributed by atoms with Gasteiger partial charge in [0.15, 0.2) is 0 Å². The van der Waals surface area contributed by atoms with Crippen LogP contribution in [0.25, 0.3) is 0 Å². The van der Waals surface area contributed by atoms with E-state index in [0.29, 0.717) is 0 Å². The molecule has 12 heavy (non-hydrogen) atoms. The first kappa shape index (κ1) is 9.51. The minimum atomic E-state index is -4.64. The number of hydrogen-bond acceptors (Lipinski definition) is 1. The second kappa shape index (κ2) is 2.45. The second-order valence-corrected chi connectivity index (χ2v) is 3.11. The zero-order chi connectivity index (χ0) is 9.57. The van der Waals surface area contributed by atoms with Gasteiger partial charge < -0.3 is 5.73 Å². The van der Waals surface area contributed by atoms with Crippen molar-refractivity contribution >= 4 is 0 Å². The van der Waals surface area contributed by atoms with E-state index in [1.165, 1.54) is 0 Å². The zero-order valence-electron chi connectivity index (χ0n) is 6.29. The number of nitrogens with two attached hydrogens (primary N) is 1. The summed E-state index contributed by atoms with van der Waals surface area (Å²) in [4.78, 5) is 0. The Morgan fingerprint density at radius 1 is 1.42 bits per heavy atom. The maximum atomic E-state index is 13.1. The van der Waals surface area contributed by atoms with Gasteiger partial charge in [-0.15, -0.1) is 0 Å². The highest BCUT2D eigenvalue weighted by Gasteiger charge is 2.54. The van der Waals surface area contributed by atoms with Crippen LogP contribution in [-0.4, -0.2) is 17.9 Å². The first-order valence-electron chi connectivity index (χ1n) is 3.47. The number of rotatable bonds is 1. The summed E-state index contributed by atoms with van der Waals surface area (Å²) >= 11 is 0. The highest BCUT2D eigenvalue weighted by molar-refractivity contribution is 5.24. The Kier molecular flexibility index (Phi) is 1.94. The lowest BCUT2D eigenvalue weighted by Crippen LogP contribution is -2.51. The van der Waals surface area contributed by atoms with Crippen molar-refractivity contribution in [2.24, 2.45) is 5.73 Å². The topological polar surface area (TPSA) is 26.0 Å². The van der Waals surface area contributed by atoms with Crippen LogP contribution in [0.4, 0.5) is 17.6 Å². The molecule has 5 heteroatoms. The SMILES string of the molecule is C=C(C(F)(F)F)C1(F)CC(N)C1. The van der Waals surface area contributed by atoms with E-state index in [2.05, 4.69) is 6.58 Å². The van der Waals surface area contributed by atoms with Crippen molar-refractivity contribution in [3.63, 3.8) is 0 Å². The Balaban J connectivity index is 2.66. The highest BCUT2D eigenvalue weighted by atomic mass is 19.4. The second-order valence-electron chi connectivity index (χ2n) is 3.11. The standard InChI is InChI=1S/C7H9F4N/c1-4(7(9,10)11)6(8)2-5(12)3-6/h5H,1-3,12H2. The average molecular weight is 183 g/mol. The van der Waals surface area contributed by atoms with Gasteiger partial charge in [0.1, 0.15) is 5.67 Å². The van der Waals surface area contributed by atoms with E-state index in [1.54, 1.807) is 0 Å². The molecule has 70 valence electrons. The smallest absolute Gasteiger partial charge is 0.327 e. The molecule has 1 fully saturated rings. The minimum absolute atomic E-state index is 0.272. The molecule has 1 rings (SSSR count). The monoisotopic (exact) mass is 183 g/mol. The molecule has 0 amide bonds. The maximum absolute atomic E-state index is 13.1. The molecular weight excluding hydrogens is 174 g/mol. The molecule has 1 aliphatic rings. The summed E-state index contributed by atoms with van der Waals surface area (Å²) in [6, 6.07) is -0.464. The molecule has 1 nitrogen and oxygen atoms in total. The van der Waals surface area contributed by atoms with Gasteiger partial charge in [-0.2, -0.15) is 13.2 Å². The molecule has 0 aromatic heterocycles. The minimum Gasteiger partial charge on any atom is -0.327 e. The van der Waals surface area contributed by atoms with E-state index in [0.717, 1.165) is 0 Å². The number of hydrogen-bond donors (Lipinski definition) is 1. The van der Waals surface area contributed by atoms with Crippen molar-refractivity contribution in [1.29, 1.82) is 0 Å². The molecule has 0 aromatic rings. The molecule has 0 spiro atoms. The van der Waals surface area contributed by atoms with E-state index in [4.69, 9.17) is 5.73 Å². The summed E-state index contributed by atoms with van der Waals surface area (Å²) < 4.78 is 48.9. The van der Waals surface area contributed by atoms with Crippen LogP contribution in [0.2, 0.25) is 0 Å². The van der Waals surface area contributed by atoms with Crippen LogP contribution in [0.3, 0.4) is 0 Å². The fourth-order valence-electron chi connectivity index (χ4n) is 1.27. The molecule has 0 bridgehead atoms. The van der Waals surface area contributed by atoms with Crippen molar-refractivity contribution in [3.05, 3.63) is 12.2 Å². The molecule has 0 radical (unpaired) electrons. The lowest BCUT2D eigenvalue weighted by atomic mass is 9.73. The molecule has 1 aliphatic carbocycles. The number of alkyl halides is 4. The van der Waals surface area contributed by atoms with Gasteiger partial charge in [0.25, 0.3) is 0 Å². The summed E-state index contributed by atoms with van der Waals surface area (Å²) in [7, 11) is 0. The molecular formula is C7H9F4N. The summed E-state index contributed by atoms with van der Waals surface area (Å²) in [5.74, 6) is 0. The molecule has 2 N–H and O–H groups in total. The maximum Gasteiger partial charge on any atom is 0.415 e. The van der Waals surface area contributed by atoms with E-state index < -0.39 is 23.5 Å². The van der Waals surface area contributed by atoms with Crippen molar-refractivity contribution in [2.75, 3.05) is 0 Å². The lowest BCUT2D eigenvalue weighted by Gasteiger charge is -2.40. The first-order chi connectivity index (χ1) is 5.26. The molecule has 0 saturated heterocycles. The summed E-state index contributed by atoms with van der Waals surface area (Å²) in [5.41, 5.74) is 1.57. The summed E-state index contributed by atoms with van der Waals surface area (Å²) in [5, 5.41) is 0. The predicted octanol–water partition coefficient (Wildman–Crippen LogP) is 1.93. The molecule has 0 aliphatic heterocycles. The van der Waals surface area contributed by atoms with Crippen molar-refractivity contribution in [2.45, 2.75) is 30.7 Å². The van der Waals surface area contributed by atoms with Crippen LogP contribution >= 0.6 is 0 Å². The fraction of sp³-hybridized carbons (Fsp3) is 0.714. The van der Waals surface area contributed by atoms with Crippen molar-refractivity contribution in [3.8, 4) is 0 Å². The van der Waals surface area contributed by atoms with Crippen LogP contribution in [0.15, 0.2) is 12.2 Å².